The molecule has 0 fully saturated rings. The first-order chi connectivity index (χ1) is 10.9. The van der Waals surface area contributed by atoms with Crippen molar-refractivity contribution in [3.8, 4) is 0 Å². The van der Waals surface area contributed by atoms with Crippen LogP contribution in [0.2, 0.25) is 0 Å². The van der Waals surface area contributed by atoms with E-state index in [-0.39, 0.29) is 5.78 Å². The molecule has 126 valence electrons. The molecule has 1 unspecified atom stereocenters. The summed E-state index contributed by atoms with van der Waals surface area (Å²) in [6, 6.07) is 0. The summed E-state index contributed by atoms with van der Waals surface area (Å²) in [5.74, 6) is 0.00867. The standard InChI is InChI=1S/C21H30O2/c1-16(2)7-5-8-17(3)9-6-10-18(4)11-12-19-15-20(22)13-14-21(19)23/h7,9,11,13-15,20,22H,5-6,8,10,12H2,1-4H3/b17-9+,18-11+. The lowest BCUT2D eigenvalue weighted by atomic mass is 9.98. The Hall–Kier alpha value is -1.67. The quantitative estimate of drug-likeness (QED) is 0.623. The molecule has 0 saturated carbocycles. The predicted octanol–water partition coefficient (Wildman–Crippen LogP) is 5.22. The van der Waals surface area contributed by atoms with Crippen LogP contribution in [0.15, 0.2) is 58.7 Å². The Morgan fingerprint density at radius 3 is 2.30 bits per heavy atom. The van der Waals surface area contributed by atoms with Crippen molar-refractivity contribution >= 4 is 5.78 Å². The lowest BCUT2D eigenvalue weighted by molar-refractivity contribution is -0.111. The third kappa shape index (κ3) is 8.51. The first-order valence-corrected chi connectivity index (χ1v) is 8.44. The molecule has 0 aromatic heterocycles. The monoisotopic (exact) mass is 314 g/mol. The fraction of sp³-hybridized carbons (Fsp3) is 0.476. The first kappa shape index (κ1) is 19.4. The Kier molecular flexibility index (Phi) is 8.57. The van der Waals surface area contributed by atoms with Gasteiger partial charge in [-0.05, 0) is 78.0 Å². The van der Waals surface area contributed by atoms with Gasteiger partial charge in [0.1, 0.15) is 0 Å². The van der Waals surface area contributed by atoms with Gasteiger partial charge < -0.3 is 5.11 Å². The van der Waals surface area contributed by atoms with Crippen LogP contribution in [-0.4, -0.2) is 17.0 Å². The molecule has 0 amide bonds. The van der Waals surface area contributed by atoms with E-state index in [0.717, 1.165) is 25.7 Å². The molecule has 1 atom stereocenters. The lowest BCUT2D eigenvalue weighted by Crippen LogP contribution is -2.10. The highest BCUT2D eigenvalue weighted by Gasteiger charge is 2.11. The van der Waals surface area contributed by atoms with Crippen molar-refractivity contribution in [2.75, 3.05) is 0 Å². The minimum absolute atomic E-state index is 0.00867. The average Bonchev–Trinajstić information content (AvgIpc) is 2.48. The average molecular weight is 314 g/mol. The van der Waals surface area contributed by atoms with E-state index < -0.39 is 6.10 Å². The molecule has 0 spiro atoms. The van der Waals surface area contributed by atoms with Crippen LogP contribution in [0, 0.1) is 0 Å². The van der Waals surface area contributed by atoms with Gasteiger partial charge in [-0.15, -0.1) is 0 Å². The van der Waals surface area contributed by atoms with Crippen molar-refractivity contribution in [1.29, 1.82) is 0 Å². The van der Waals surface area contributed by atoms with Crippen LogP contribution in [0.1, 0.15) is 59.8 Å². The van der Waals surface area contributed by atoms with E-state index in [4.69, 9.17) is 0 Å². The minimum atomic E-state index is -0.622. The van der Waals surface area contributed by atoms with Gasteiger partial charge in [-0.3, -0.25) is 4.79 Å². The van der Waals surface area contributed by atoms with E-state index in [2.05, 4.69) is 45.9 Å². The van der Waals surface area contributed by atoms with Gasteiger partial charge in [0.25, 0.3) is 0 Å². The predicted molar refractivity (Wildman–Crippen MR) is 98.3 cm³/mol. The Morgan fingerprint density at radius 1 is 1.04 bits per heavy atom. The van der Waals surface area contributed by atoms with Crippen LogP contribution >= 0.6 is 0 Å². The van der Waals surface area contributed by atoms with Crippen LogP contribution in [0.3, 0.4) is 0 Å². The number of rotatable bonds is 8. The van der Waals surface area contributed by atoms with Crippen LogP contribution < -0.4 is 0 Å². The van der Waals surface area contributed by atoms with Gasteiger partial charge in [-0.1, -0.05) is 34.9 Å². The summed E-state index contributed by atoms with van der Waals surface area (Å²) >= 11 is 0. The van der Waals surface area contributed by atoms with E-state index in [0.29, 0.717) is 12.0 Å². The van der Waals surface area contributed by atoms with Crippen LogP contribution in [0.4, 0.5) is 0 Å². The molecule has 0 aromatic carbocycles. The second-order valence-corrected chi connectivity index (χ2v) is 6.57. The number of ketones is 1. The largest absolute Gasteiger partial charge is 0.385 e. The lowest BCUT2D eigenvalue weighted by Gasteiger charge is -2.09. The number of aliphatic hydroxyl groups excluding tert-OH is 1. The second-order valence-electron chi connectivity index (χ2n) is 6.57. The molecule has 1 aliphatic rings. The highest BCUT2D eigenvalue weighted by Crippen LogP contribution is 2.16. The third-order valence-corrected chi connectivity index (χ3v) is 3.93. The van der Waals surface area contributed by atoms with Crippen LogP contribution in [0.5, 0.6) is 0 Å². The third-order valence-electron chi connectivity index (χ3n) is 3.93. The van der Waals surface area contributed by atoms with Gasteiger partial charge in [-0.25, -0.2) is 0 Å². The van der Waals surface area contributed by atoms with Gasteiger partial charge in [0, 0.05) is 5.57 Å². The fourth-order valence-electron chi connectivity index (χ4n) is 2.43. The van der Waals surface area contributed by atoms with Crippen molar-refractivity contribution in [1.82, 2.24) is 0 Å². The van der Waals surface area contributed by atoms with Crippen LogP contribution in [0.25, 0.3) is 0 Å². The number of aliphatic hydroxyl groups is 1. The van der Waals surface area contributed by atoms with Gasteiger partial charge >= 0.3 is 0 Å². The zero-order valence-corrected chi connectivity index (χ0v) is 14.9. The molecule has 1 aliphatic carbocycles. The number of allylic oxidation sites excluding steroid dienone is 8. The molecular formula is C21H30O2. The first-order valence-electron chi connectivity index (χ1n) is 8.44. The van der Waals surface area contributed by atoms with E-state index in [9.17, 15) is 9.90 Å². The van der Waals surface area contributed by atoms with E-state index >= 15 is 0 Å². The highest BCUT2D eigenvalue weighted by atomic mass is 16.3. The topological polar surface area (TPSA) is 37.3 Å². The zero-order valence-electron chi connectivity index (χ0n) is 14.9. The molecule has 1 N–H and O–H groups in total. The van der Waals surface area contributed by atoms with Crippen molar-refractivity contribution in [2.24, 2.45) is 0 Å². The normalized spacial score (nSPS) is 18.9. The molecular weight excluding hydrogens is 284 g/mol. The Bertz CT molecular complexity index is 552. The van der Waals surface area contributed by atoms with Gasteiger partial charge in [0.2, 0.25) is 0 Å². The number of hydrogen-bond donors (Lipinski definition) is 1. The highest BCUT2D eigenvalue weighted by molar-refractivity contribution is 6.05. The molecule has 0 bridgehead atoms. The minimum Gasteiger partial charge on any atom is -0.385 e. The van der Waals surface area contributed by atoms with Crippen molar-refractivity contribution < 1.29 is 9.90 Å². The maximum atomic E-state index is 11.7. The number of carbonyl (C=O) groups excluding carboxylic acids is 1. The fourth-order valence-corrected chi connectivity index (χ4v) is 2.43. The Labute approximate surface area is 141 Å². The Balaban J connectivity index is 2.37. The summed E-state index contributed by atoms with van der Waals surface area (Å²) in [6.07, 6.45) is 15.6. The SMILES string of the molecule is CC(C)=CCC/C(C)=C/CC/C(C)=C/CC1=CC(O)C=CC1=O. The maximum Gasteiger partial charge on any atom is 0.181 e. The summed E-state index contributed by atoms with van der Waals surface area (Å²) < 4.78 is 0. The number of carbonyl (C=O) groups is 1. The molecule has 0 radical (unpaired) electrons. The molecule has 0 saturated heterocycles. The van der Waals surface area contributed by atoms with Crippen molar-refractivity contribution in [3.63, 3.8) is 0 Å². The Morgan fingerprint density at radius 2 is 1.65 bits per heavy atom. The van der Waals surface area contributed by atoms with E-state index in [1.54, 1.807) is 6.08 Å². The maximum absolute atomic E-state index is 11.7. The molecule has 0 aromatic rings. The second kappa shape index (κ2) is 10.2. The van der Waals surface area contributed by atoms with Crippen molar-refractivity contribution in [3.05, 3.63) is 58.7 Å². The summed E-state index contributed by atoms with van der Waals surface area (Å²) in [5.41, 5.74) is 4.79. The molecule has 2 nitrogen and oxygen atoms in total. The molecule has 0 heterocycles. The van der Waals surface area contributed by atoms with Crippen LogP contribution in [-0.2, 0) is 4.79 Å². The summed E-state index contributed by atoms with van der Waals surface area (Å²) in [5, 5.41) is 9.52. The summed E-state index contributed by atoms with van der Waals surface area (Å²) in [6.45, 7) is 8.56. The van der Waals surface area contributed by atoms with E-state index in [1.807, 2.05) is 0 Å². The van der Waals surface area contributed by atoms with Gasteiger partial charge in [0.15, 0.2) is 5.78 Å². The molecule has 1 rings (SSSR count). The van der Waals surface area contributed by atoms with Crippen molar-refractivity contribution in [2.45, 2.75) is 65.9 Å². The summed E-state index contributed by atoms with van der Waals surface area (Å²) in [4.78, 5) is 11.7. The summed E-state index contributed by atoms with van der Waals surface area (Å²) in [7, 11) is 0. The molecule has 2 heteroatoms. The van der Waals surface area contributed by atoms with Gasteiger partial charge in [0.05, 0.1) is 6.10 Å². The molecule has 23 heavy (non-hydrogen) atoms. The number of hydrogen-bond acceptors (Lipinski definition) is 2. The molecule has 0 aliphatic heterocycles. The smallest absolute Gasteiger partial charge is 0.181 e. The van der Waals surface area contributed by atoms with Gasteiger partial charge in [-0.2, -0.15) is 0 Å². The zero-order chi connectivity index (χ0) is 17.2. The van der Waals surface area contributed by atoms with E-state index in [1.165, 1.54) is 28.9 Å².